The number of rotatable bonds is 5. The third-order valence-corrected chi connectivity index (χ3v) is 3.33. The summed E-state index contributed by atoms with van der Waals surface area (Å²) in [4.78, 5) is 37.8. The van der Waals surface area contributed by atoms with E-state index in [2.05, 4.69) is 0 Å². The van der Waals surface area contributed by atoms with E-state index >= 15 is 0 Å². The molecule has 1 heterocycles. The molecule has 0 aliphatic carbocycles. The molecule has 0 N–H and O–H groups in total. The summed E-state index contributed by atoms with van der Waals surface area (Å²) in [6.45, 7) is 3.98. The van der Waals surface area contributed by atoms with Crippen molar-refractivity contribution in [2.45, 2.75) is 20.4 Å². The second-order valence-electron chi connectivity index (χ2n) is 4.93. The van der Waals surface area contributed by atoms with Crippen LogP contribution in [-0.2, 0) is 11.3 Å². The highest BCUT2D eigenvalue weighted by molar-refractivity contribution is 6.01. The Bertz CT molecular complexity index is 597. The number of likely N-dealkylation sites (N-methyl/N-ethyl adjacent to an activating group) is 1. The minimum Gasteiger partial charge on any atom is -0.494 e. The normalized spacial score (nSPS) is 14.8. The zero-order chi connectivity index (χ0) is 15.6. The highest BCUT2D eigenvalue weighted by Crippen LogP contribution is 2.24. The van der Waals surface area contributed by atoms with E-state index in [0.717, 1.165) is 0 Å². The van der Waals surface area contributed by atoms with Gasteiger partial charge in [-0.3, -0.25) is 14.5 Å². The maximum absolute atomic E-state index is 11.9. The smallest absolute Gasteiger partial charge is 0.327 e. The SMILES string of the molecule is CCOc1ccc(C(C)=O)cc1CN1C(=O)CN(C)C1=O. The highest BCUT2D eigenvalue weighted by atomic mass is 16.5. The largest absolute Gasteiger partial charge is 0.494 e. The number of carbonyl (C=O) groups is 3. The fourth-order valence-corrected chi connectivity index (χ4v) is 2.21. The van der Waals surface area contributed by atoms with Crippen molar-refractivity contribution >= 4 is 17.7 Å². The lowest BCUT2D eigenvalue weighted by Crippen LogP contribution is -2.31. The predicted octanol–water partition coefficient (Wildman–Crippen LogP) is 1.68. The second kappa shape index (κ2) is 5.95. The summed E-state index contributed by atoms with van der Waals surface area (Å²) in [5, 5.41) is 0. The minimum atomic E-state index is -0.337. The number of hydrogen-bond donors (Lipinski definition) is 0. The van der Waals surface area contributed by atoms with Crippen molar-refractivity contribution in [3.8, 4) is 5.75 Å². The fourth-order valence-electron chi connectivity index (χ4n) is 2.21. The molecule has 1 saturated heterocycles. The topological polar surface area (TPSA) is 66.9 Å². The van der Waals surface area contributed by atoms with Crippen molar-refractivity contribution in [2.24, 2.45) is 0 Å². The molecule has 1 aliphatic rings. The lowest BCUT2D eigenvalue weighted by Gasteiger charge is -2.17. The fraction of sp³-hybridized carbons (Fsp3) is 0.400. The van der Waals surface area contributed by atoms with Crippen LogP contribution in [0.1, 0.15) is 29.8 Å². The van der Waals surface area contributed by atoms with Crippen LogP contribution in [0.15, 0.2) is 18.2 Å². The lowest BCUT2D eigenvalue weighted by molar-refractivity contribution is -0.125. The first kappa shape index (κ1) is 15.0. The molecule has 1 aliphatic heterocycles. The molecule has 0 aromatic heterocycles. The molecule has 0 saturated carbocycles. The first-order valence-corrected chi connectivity index (χ1v) is 6.76. The van der Waals surface area contributed by atoms with Crippen LogP contribution in [0.2, 0.25) is 0 Å². The van der Waals surface area contributed by atoms with Gasteiger partial charge in [-0.1, -0.05) is 0 Å². The van der Waals surface area contributed by atoms with Gasteiger partial charge in [0.2, 0.25) is 0 Å². The molecule has 1 fully saturated rings. The van der Waals surface area contributed by atoms with E-state index in [1.165, 1.54) is 16.7 Å². The van der Waals surface area contributed by atoms with Crippen LogP contribution in [0.4, 0.5) is 4.79 Å². The summed E-state index contributed by atoms with van der Waals surface area (Å²) >= 11 is 0. The summed E-state index contributed by atoms with van der Waals surface area (Å²) in [5.74, 6) is 0.256. The monoisotopic (exact) mass is 290 g/mol. The second-order valence-corrected chi connectivity index (χ2v) is 4.93. The minimum absolute atomic E-state index is 0.0736. The zero-order valence-electron chi connectivity index (χ0n) is 12.4. The van der Waals surface area contributed by atoms with Crippen molar-refractivity contribution in [3.63, 3.8) is 0 Å². The molecular weight excluding hydrogens is 272 g/mol. The summed E-state index contributed by atoms with van der Waals surface area (Å²) in [7, 11) is 1.58. The standard InChI is InChI=1S/C15H18N2O4/c1-4-21-13-6-5-11(10(2)18)7-12(13)8-17-14(19)9-16(3)15(17)20/h5-7H,4,8-9H2,1-3H3. The number of Topliss-reactive ketones (excluding diaryl/α,β-unsaturated/α-hetero) is 1. The van der Waals surface area contributed by atoms with E-state index in [9.17, 15) is 14.4 Å². The first-order valence-electron chi connectivity index (χ1n) is 6.76. The van der Waals surface area contributed by atoms with Crippen LogP contribution < -0.4 is 4.74 Å². The number of nitrogens with zero attached hydrogens (tertiary/aromatic N) is 2. The molecule has 0 bridgehead atoms. The summed E-state index contributed by atoms with van der Waals surface area (Å²) < 4.78 is 5.51. The quantitative estimate of drug-likeness (QED) is 0.611. The molecule has 0 unspecified atom stereocenters. The number of imide groups is 1. The van der Waals surface area contributed by atoms with Crippen LogP contribution in [0.25, 0.3) is 0 Å². The van der Waals surface area contributed by atoms with Gasteiger partial charge in [-0.2, -0.15) is 0 Å². The van der Waals surface area contributed by atoms with Gasteiger partial charge in [0.15, 0.2) is 5.78 Å². The molecule has 1 aromatic carbocycles. The molecule has 6 nitrogen and oxygen atoms in total. The number of ketones is 1. The van der Waals surface area contributed by atoms with Gasteiger partial charge in [0.1, 0.15) is 12.3 Å². The highest BCUT2D eigenvalue weighted by Gasteiger charge is 2.34. The van der Waals surface area contributed by atoms with Gasteiger partial charge in [-0.25, -0.2) is 4.79 Å². The van der Waals surface area contributed by atoms with E-state index in [1.54, 1.807) is 25.2 Å². The Morgan fingerprint density at radius 3 is 2.57 bits per heavy atom. The van der Waals surface area contributed by atoms with Crippen molar-refractivity contribution in [1.29, 1.82) is 0 Å². The van der Waals surface area contributed by atoms with Gasteiger partial charge in [0.25, 0.3) is 5.91 Å². The van der Waals surface area contributed by atoms with Crippen molar-refractivity contribution < 1.29 is 19.1 Å². The molecule has 2 rings (SSSR count). The van der Waals surface area contributed by atoms with Crippen LogP contribution >= 0.6 is 0 Å². The Hall–Kier alpha value is -2.37. The molecule has 3 amide bonds. The summed E-state index contributed by atoms with van der Waals surface area (Å²) in [5.41, 5.74) is 1.18. The molecule has 0 radical (unpaired) electrons. The summed E-state index contributed by atoms with van der Waals surface area (Å²) in [6.07, 6.45) is 0. The van der Waals surface area contributed by atoms with Gasteiger partial charge in [-0.15, -0.1) is 0 Å². The van der Waals surface area contributed by atoms with Crippen molar-refractivity contribution in [3.05, 3.63) is 29.3 Å². The summed E-state index contributed by atoms with van der Waals surface area (Å²) in [6, 6.07) is 4.71. The predicted molar refractivity (Wildman–Crippen MR) is 76.2 cm³/mol. The Labute approximate surface area is 123 Å². The van der Waals surface area contributed by atoms with Crippen LogP contribution in [-0.4, -0.2) is 47.7 Å². The van der Waals surface area contributed by atoms with Gasteiger partial charge < -0.3 is 9.64 Å². The number of carbonyl (C=O) groups excluding carboxylic acids is 3. The zero-order valence-corrected chi connectivity index (χ0v) is 12.4. The first-order chi connectivity index (χ1) is 9.93. The number of hydrogen-bond acceptors (Lipinski definition) is 4. The van der Waals surface area contributed by atoms with E-state index < -0.39 is 0 Å². The Morgan fingerprint density at radius 2 is 2.05 bits per heavy atom. The van der Waals surface area contributed by atoms with Crippen molar-refractivity contribution in [1.82, 2.24) is 9.80 Å². The molecule has 1 aromatic rings. The number of amides is 3. The molecule has 21 heavy (non-hydrogen) atoms. The van der Waals surface area contributed by atoms with Crippen LogP contribution in [0.3, 0.4) is 0 Å². The molecule has 112 valence electrons. The number of urea groups is 1. The van der Waals surface area contributed by atoms with E-state index in [-0.39, 0.29) is 30.8 Å². The Kier molecular flexibility index (Phi) is 4.26. The molecule has 0 atom stereocenters. The third kappa shape index (κ3) is 3.04. The van der Waals surface area contributed by atoms with Gasteiger partial charge in [0, 0.05) is 18.2 Å². The van der Waals surface area contributed by atoms with Crippen LogP contribution in [0.5, 0.6) is 5.75 Å². The van der Waals surface area contributed by atoms with Gasteiger partial charge in [0.05, 0.1) is 13.2 Å². The average Bonchev–Trinajstić information content (AvgIpc) is 2.67. The Morgan fingerprint density at radius 1 is 1.33 bits per heavy atom. The van der Waals surface area contributed by atoms with Crippen LogP contribution in [0, 0.1) is 0 Å². The van der Waals surface area contributed by atoms with Crippen molar-refractivity contribution in [2.75, 3.05) is 20.2 Å². The lowest BCUT2D eigenvalue weighted by atomic mass is 10.1. The maximum Gasteiger partial charge on any atom is 0.327 e. The molecular formula is C15H18N2O4. The Balaban J connectivity index is 2.32. The van der Waals surface area contributed by atoms with Gasteiger partial charge in [-0.05, 0) is 32.0 Å². The third-order valence-electron chi connectivity index (χ3n) is 3.33. The average molecular weight is 290 g/mol. The number of benzene rings is 1. The van der Waals surface area contributed by atoms with Gasteiger partial charge >= 0.3 is 6.03 Å². The van der Waals surface area contributed by atoms with E-state index in [4.69, 9.17) is 4.74 Å². The van der Waals surface area contributed by atoms with E-state index in [0.29, 0.717) is 23.5 Å². The molecule has 6 heteroatoms. The molecule has 0 spiro atoms. The number of ether oxygens (including phenoxy) is 1. The van der Waals surface area contributed by atoms with E-state index in [1.807, 2.05) is 6.92 Å². The maximum atomic E-state index is 11.9.